The molecule has 21 nitrogen and oxygen atoms in total. The number of hydrogen-bond donors (Lipinski definition) is 8. The molecule has 0 unspecified atom stereocenters. The first-order valence-electron chi connectivity index (χ1n) is 5.13. The smallest absolute Gasteiger partial charge is 0.412 e. The van der Waals surface area contributed by atoms with Gasteiger partial charge in [0, 0.05) is 0 Å². The molecular formula is C6H30O21P2. The minimum atomic E-state index is -5.21. The second kappa shape index (κ2) is 17.4. The van der Waals surface area contributed by atoms with E-state index in [0.29, 0.717) is 0 Å². The Morgan fingerprint density at radius 3 is 1.45 bits per heavy atom. The van der Waals surface area contributed by atoms with Gasteiger partial charge in [-0.05, 0) is 0 Å². The van der Waals surface area contributed by atoms with E-state index in [2.05, 4.69) is 13.8 Å². The van der Waals surface area contributed by atoms with Crippen LogP contribution in [0.2, 0.25) is 0 Å². The van der Waals surface area contributed by atoms with Crippen molar-refractivity contribution >= 4 is 15.6 Å². The molecule has 0 radical (unpaired) electrons. The Morgan fingerprint density at radius 1 is 0.759 bits per heavy atom. The van der Waals surface area contributed by atoms with Crippen molar-refractivity contribution in [3.8, 4) is 0 Å². The zero-order valence-electron chi connectivity index (χ0n) is 14.0. The van der Waals surface area contributed by atoms with Gasteiger partial charge < -0.3 is 88.5 Å². The van der Waals surface area contributed by atoms with E-state index >= 15 is 0 Å². The first kappa shape index (κ1) is 51.4. The van der Waals surface area contributed by atoms with E-state index in [0.717, 1.165) is 0 Å². The van der Waals surface area contributed by atoms with Crippen LogP contribution in [0.5, 0.6) is 0 Å². The first-order valence-corrected chi connectivity index (χ1v) is 8.20. The second-order valence-corrected chi connectivity index (χ2v) is 6.55. The van der Waals surface area contributed by atoms with E-state index in [-0.39, 0.29) is 43.8 Å². The molecule has 5 atom stereocenters. The zero-order valence-corrected chi connectivity index (χ0v) is 15.8. The van der Waals surface area contributed by atoms with E-state index in [1.54, 1.807) is 0 Å². The molecule has 1 aliphatic rings. The number of aliphatic hydroxyl groups is 4. The third-order valence-electron chi connectivity index (χ3n) is 2.42. The molecule has 190 valence electrons. The summed E-state index contributed by atoms with van der Waals surface area (Å²) in [4.78, 5) is 34.2. The van der Waals surface area contributed by atoms with E-state index in [1.165, 1.54) is 0 Å². The molecule has 1 heterocycles. The number of phosphoric acid groups is 2. The maximum absolute atomic E-state index is 10.7. The summed E-state index contributed by atoms with van der Waals surface area (Å²) in [6.45, 7) is -1.39. The third kappa shape index (κ3) is 15.2. The van der Waals surface area contributed by atoms with Crippen LogP contribution in [0.25, 0.3) is 0 Å². The quantitative estimate of drug-likeness (QED) is 0.163. The second-order valence-electron chi connectivity index (χ2n) is 4.12. The molecule has 29 heavy (non-hydrogen) atoms. The van der Waals surface area contributed by atoms with Gasteiger partial charge in [0.05, 0.1) is 0 Å². The number of phosphoric ester groups is 2. The Labute approximate surface area is 160 Å². The highest BCUT2D eigenvalue weighted by Crippen LogP contribution is 2.43. The van der Waals surface area contributed by atoms with Gasteiger partial charge in [0.15, 0.2) is 0 Å². The molecular weight excluding hydrogens is 470 g/mol. The Hall–Kier alpha value is -0.300. The lowest BCUT2D eigenvalue weighted by Gasteiger charge is -2.44. The van der Waals surface area contributed by atoms with Crippen molar-refractivity contribution in [3.63, 3.8) is 0 Å². The van der Waals surface area contributed by atoms with Gasteiger partial charge in [-0.25, -0.2) is 9.13 Å². The highest BCUT2D eigenvalue weighted by Gasteiger charge is 2.55. The lowest BCUT2D eigenvalue weighted by Crippen LogP contribution is -2.66. The van der Waals surface area contributed by atoms with Gasteiger partial charge in [-0.1, -0.05) is 0 Å². The molecule has 0 amide bonds. The summed E-state index contributed by atoms with van der Waals surface area (Å²) in [5.74, 6) is -3.00. The van der Waals surface area contributed by atoms with E-state index < -0.39 is 52.6 Å². The van der Waals surface area contributed by atoms with Gasteiger partial charge in [-0.3, -0.25) is 9.05 Å². The lowest BCUT2D eigenvalue weighted by molar-refractivity contribution is -0.384. The standard InChI is InChI=1S/C6H14O13P2.8H2O/c7-2-3(8)5(19-21(14,15)16)18-6(10,4(2)9)1-17-20(11,12)13;;;;;;;;/h2-5,7-10H,1H2,(H2,11,12,13)(H2,14,15,16);8*1H2/t2-,3-,4-,5+,6-;;;;;;;;/m0......../s1. The van der Waals surface area contributed by atoms with Gasteiger partial charge in [-0.15, -0.1) is 0 Å². The fraction of sp³-hybridized carbons (Fsp3) is 1.00. The molecule has 0 aromatic rings. The van der Waals surface area contributed by atoms with Crippen LogP contribution in [0.1, 0.15) is 0 Å². The molecule has 1 saturated heterocycles. The molecule has 0 aliphatic carbocycles. The highest BCUT2D eigenvalue weighted by molar-refractivity contribution is 7.46. The predicted molar refractivity (Wildman–Crippen MR) is 87.9 cm³/mol. The summed E-state index contributed by atoms with van der Waals surface area (Å²) in [7, 11) is -10.3. The summed E-state index contributed by atoms with van der Waals surface area (Å²) >= 11 is 0. The molecule has 1 aliphatic heterocycles. The molecule has 24 N–H and O–H groups in total. The molecule has 0 aromatic heterocycles. The molecule has 23 heteroatoms. The lowest BCUT2D eigenvalue weighted by atomic mass is 9.96. The summed E-state index contributed by atoms with van der Waals surface area (Å²) < 4.78 is 33.5. The maximum Gasteiger partial charge on any atom is 0.472 e. The van der Waals surface area contributed by atoms with Crippen LogP contribution in [0.4, 0.5) is 0 Å². The monoisotopic (exact) mass is 500 g/mol. The van der Waals surface area contributed by atoms with E-state index in [4.69, 9.17) is 19.6 Å². The van der Waals surface area contributed by atoms with Crippen LogP contribution < -0.4 is 0 Å². The van der Waals surface area contributed by atoms with Crippen molar-refractivity contribution in [2.45, 2.75) is 30.4 Å². The number of hydrogen-bond acceptors (Lipinski definition) is 9. The largest absolute Gasteiger partial charge is 0.472 e. The van der Waals surface area contributed by atoms with Crippen molar-refractivity contribution in [2.75, 3.05) is 6.61 Å². The SMILES string of the molecule is O.O.O.O.O.O.O.O.O=P(O)(O)OC[C@]1(O)O[C@H](OP(=O)(O)O)[C@@H](O)[C@H](O)[C@@H]1O. The normalized spacial score (nSPS) is 27.9. The topological polar surface area (TPSA) is 476 Å². The van der Waals surface area contributed by atoms with E-state index in [1.807, 2.05) is 0 Å². The van der Waals surface area contributed by atoms with Crippen molar-refractivity contribution < 1.29 is 107 Å². The number of ether oxygens (including phenoxy) is 1. The Morgan fingerprint density at radius 2 is 1.14 bits per heavy atom. The van der Waals surface area contributed by atoms with Crippen LogP contribution >= 0.6 is 15.6 Å². The van der Waals surface area contributed by atoms with Crippen molar-refractivity contribution in [3.05, 3.63) is 0 Å². The molecule has 0 aromatic carbocycles. The number of aliphatic hydroxyl groups excluding tert-OH is 3. The maximum atomic E-state index is 10.7. The summed E-state index contributed by atoms with van der Waals surface area (Å²) in [6, 6.07) is 0. The first-order chi connectivity index (χ1) is 9.25. The number of rotatable bonds is 5. The van der Waals surface area contributed by atoms with Crippen molar-refractivity contribution in [2.24, 2.45) is 0 Å². The fourth-order valence-corrected chi connectivity index (χ4v) is 2.26. The Bertz CT molecular complexity index is 460. The fourth-order valence-electron chi connectivity index (χ4n) is 1.47. The average molecular weight is 500 g/mol. The third-order valence-corrected chi connectivity index (χ3v) is 3.36. The predicted octanol–water partition coefficient (Wildman–Crippen LogP) is -10.3. The van der Waals surface area contributed by atoms with Gasteiger partial charge in [0.2, 0.25) is 12.1 Å². The van der Waals surface area contributed by atoms with Crippen LogP contribution in [-0.4, -0.2) is 121 Å². The summed E-state index contributed by atoms with van der Waals surface area (Å²) in [5, 5.41) is 38.2. The van der Waals surface area contributed by atoms with Gasteiger partial charge in [0.25, 0.3) is 0 Å². The summed E-state index contributed by atoms with van der Waals surface area (Å²) in [5.41, 5.74) is 0. The minimum absolute atomic E-state index is 0. The van der Waals surface area contributed by atoms with Crippen LogP contribution in [0, 0.1) is 0 Å². The van der Waals surface area contributed by atoms with Crippen LogP contribution in [0.3, 0.4) is 0 Å². The van der Waals surface area contributed by atoms with Gasteiger partial charge in [0.1, 0.15) is 24.9 Å². The zero-order chi connectivity index (χ0) is 16.6. The highest BCUT2D eigenvalue weighted by atomic mass is 31.2. The average Bonchev–Trinajstić information content (AvgIpc) is 2.29. The molecule has 1 rings (SSSR count). The van der Waals surface area contributed by atoms with Crippen molar-refractivity contribution in [1.29, 1.82) is 0 Å². The van der Waals surface area contributed by atoms with Crippen molar-refractivity contribution in [1.82, 2.24) is 0 Å². The van der Waals surface area contributed by atoms with Crippen LogP contribution in [0.15, 0.2) is 0 Å². The van der Waals surface area contributed by atoms with Crippen LogP contribution in [-0.2, 0) is 22.9 Å². The Kier molecular flexibility index (Phi) is 30.8. The molecule has 0 saturated carbocycles. The minimum Gasteiger partial charge on any atom is -0.412 e. The van der Waals surface area contributed by atoms with Gasteiger partial charge in [-0.2, -0.15) is 0 Å². The summed E-state index contributed by atoms with van der Waals surface area (Å²) in [6.07, 6.45) is -8.98. The molecule has 0 spiro atoms. The Balaban J connectivity index is -0.0000000919. The van der Waals surface area contributed by atoms with E-state index in [9.17, 15) is 29.6 Å². The molecule has 0 bridgehead atoms. The van der Waals surface area contributed by atoms with Gasteiger partial charge >= 0.3 is 15.6 Å². The molecule has 1 fully saturated rings.